The van der Waals surface area contributed by atoms with Crippen LogP contribution in [0, 0.1) is 0 Å². The van der Waals surface area contributed by atoms with Crippen LogP contribution in [0.2, 0.25) is 0 Å². The zero-order chi connectivity index (χ0) is 49.5. The SMILES string of the molecule is CC(C)(C)c1cc(N2c3cc(-c4ccc5ccc6ccccc6c5c4)cc4c3B(c3ccc5ccccc5c32)c2ccc3ccccc3c2N4c2cc(C(C)(C)C)cc(C(C)(C)C)c2)cc(C(C)(C)C)c1. The van der Waals surface area contributed by atoms with Crippen LogP contribution in [0.15, 0.2) is 176 Å². The fourth-order valence-corrected chi connectivity index (χ4v) is 11.6. The third-order valence-electron chi connectivity index (χ3n) is 15.7. The first-order valence-corrected chi connectivity index (χ1v) is 25.8. The fourth-order valence-electron chi connectivity index (χ4n) is 11.6. The summed E-state index contributed by atoms with van der Waals surface area (Å²) in [6.45, 7) is 28.3. The van der Waals surface area contributed by atoms with Crippen LogP contribution in [0.1, 0.15) is 105 Å². The van der Waals surface area contributed by atoms with E-state index in [0.717, 1.165) is 0 Å². The second kappa shape index (κ2) is 15.7. The number of anilines is 6. The van der Waals surface area contributed by atoms with E-state index in [4.69, 9.17) is 0 Å². The van der Waals surface area contributed by atoms with Gasteiger partial charge in [-0.15, -0.1) is 0 Å². The molecule has 0 saturated carbocycles. The van der Waals surface area contributed by atoms with Crippen LogP contribution in [-0.4, -0.2) is 6.71 Å². The molecule has 0 fully saturated rings. The van der Waals surface area contributed by atoms with Gasteiger partial charge in [-0.1, -0.05) is 217 Å². The molecule has 0 unspecified atom stereocenters. The van der Waals surface area contributed by atoms with Gasteiger partial charge in [-0.3, -0.25) is 0 Å². The van der Waals surface area contributed by atoms with Gasteiger partial charge in [-0.2, -0.15) is 0 Å². The van der Waals surface area contributed by atoms with E-state index in [1.807, 2.05) is 0 Å². The minimum atomic E-state index is -0.0787. The first-order chi connectivity index (χ1) is 33.7. The van der Waals surface area contributed by atoms with Crippen LogP contribution >= 0.6 is 0 Å². The van der Waals surface area contributed by atoms with Gasteiger partial charge >= 0.3 is 0 Å². The van der Waals surface area contributed by atoms with Gasteiger partial charge in [0.15, 0.2) is 0 Å². The molecule has 0 saturated heterocycles. The summed E-state index contributed by atoms with van der Waals surface area (Å²) >= 11 is 0. The van der Waals surface area contributed by atoms with E-state index in [1.165, 1.54) is 127 Å². The highest BCUT2D eigenvalue weighted by molar-refractivity contribution is 7.00. The number of rotatable bonds is 3. The van der Waals surface area contributed by atoms with Crippen molar-refractivity contribution in [1.82, 2.24) is 0 Å². The molecule has 2 heterocycles. The second-order valence-electron chi connectivity index (χ2n) is 24.7. The average molecular weight is 921 g/mol. The molecule has 0 N–H and O–H groups in total. The Morgan fingerprint density at radius 1 is 0.310 bits per heavy atom. The Morgan fingerprint density at radius 3 is 1.08 bits per heavy atom. The molecule has 0 atom stereocenters. The Morgan fingerprint density at radius 2 is 0.662 bits per heavy atom. The minimum Gasteiger partial charge on any atom is -0.311 e. The summed E-state index contributed by atoms with van der Waals surface area (Å²) in [4.78, 5) is 5.35. The van der Waals surface area contributed by atoms with E-state index in [9.17, 15) is 0 Å². The van der Waals surface area contributed by atoms with Gasteiger partial charge < -0.3 is 9.80 Å². The topological polar surface area (TPSA) is 6.48 Å². The highest BCUT2D eigenvalue weighted by Crippen LogP contribution is 2.51. The average Bonchev–Trinajstić information content (AvgIpc) is 3.34. The van der Waals surface area contributed by atoms with Crippen LogP contribution in [0.3, 0.4) is 0 Å². The Labute approximate surface area is 422 Å². The molecular weight excluding hydrogens is 856 g/mol. The molecule has 0 aromatic heterocycles. The lowest BCUT2D eigenvalue weighted by Gasteiger charge is -2.46. The Kier molecular flexibility index (Phi) is 9.97. The van der Waals surface area contributed by atoms with Crippen LogP contribution in [0.4, 0.5) is 34.1 Å². The largest absolute Gasteiger partial charge is 0.311 e. The van der Waals surface area contributed by atoms with Crippen molar-refractivity contribution in [3.8, 4) is 11.1 Å². The highest BCUT2D eigenvalue weighted by Gasteiger charge is 2.45. The maximum atomic E-state index is 2.67. The van der Waals surface area contributed by atoms with Gasteiger partial charge in [0.05, 0.1) is 0 Å². The predicted molar refractivity (Wildman–Crippen MR) is 311 cm³/mol. The van der Waals surface area contributed by atoms with E-state index >= 15 is 0 Å². The summed E-state index contributed by atoms with van der Waals surface area (Å²) in [7, 11) is 0. The standard InChI is InChI=1S/C68H65BN2/c1-65(2,3)48-36-49(66(4,5)6)39-52(38-48)70-60-34-47(46-28-27-45-26-25-42-19-13-16-22-54(42)57(45)33-46)35-61-62(60)69(58-31-29-43-20-14-17-23-55(43)63(58)70)59-32-30-44-21-15-18-24-56(44)64(59)71(61)53-40-50(67(7,8)9)37-51(41-53)68(10,11)12/h13-41H,1-12H3. The molecule has 0 bridgehead atoms. The van der Waals surface area contributed by atoms with Crippen molar-refractivity contribution in [2.75, 3.05) is 9.80 Å². The number of nitrogens with zero attached hydrogens (tertiary/aromatic N) is 2. The van der Waals surface area contributed by atoms with Crippen molar-refractivity contribution in [2.24, 2.45) is 0 Å². The summed E-state index contributed by atoms with van der Waals surface area (Å²) in [5, 5.41) is 10.1. The molecule has 0 amide bonds. The predicted octanol–water partition coefficient (Wildman–Crippen LogP) is 17.2. The Hall–Kier alpha value is -7.10. The summed E-state index contributed by atoms with van der Waals surface area (Å²) in [5.74, 6) is 0. The fraction of sp³-hybridized carbons (Fsp3) is 0.235. The van der Waals surface area contributed by atoms with Crippen LogP contribution in [-0.2, 0) is 21.7 Å². The molecule has 2 aliphatic rings. The lowest BCUT2D eigenvalue weighted by molar-refractivity contribution is 0.568. The number of benzene rings is 10. The van der Waals surface area contributed by atoms with E-state index in [2.05, 4.69) is 269 Å². The maximum Gasteiger partial charge on any atom is 0.252 e. The second-order valence-corrected chi connectivity index (χ2v) is 24.7. The molecule has 350 valence electrons. The molecule has 71 heavy (non-hydrogen) atoms. The zero-order valence-electron chi connectivity index (χ0n) is 43.7. The molecule has 10 aromatic carbocycles. The molecular formula is C68H65BN2. The quantitative estimate of drug-likeness (QED) is 0.129. The van der Waals surface area contributed by atoms with Gasteiger partial charge in [0.25, 0.3) is 6.71 Å². The molecule has 0 radical (unpaired) electrons. The van der Waals surface area contributed by atoms with Crippen molar-refractivity contribution in [2.45, 2.75) is 105 Å². The number of hydrogen-bond acceptors (Lipinski definition) is 2. The summed E-state index contributed by atoms with van der Waals surface area (Å²) < 4.78 is 0. The summed E-state index contributed by atoms with van der Waals surface area (Å²) in [5.41, 5.74) is 18.8. The zero-order valence-corrected chi connectivity index (χ0v) is 43.7. The molecule has 10 aromatic rings. The van der Waals surface area contributed by atoms with Gasteiger partial charge in [-0.25, -0.2) is 0 Å². The maximum absolute atomic E-state index is 2.67. The van der Waals surface area contributed by atoms with Gasteiger partial charge in [0, 0.05) is 44.9 Å². The van der Waals surface area contributed by atoms with Crippen molar-refractivity contribution in [3.63, 3.8) is 0 Å². The van der Waals surface area contributed by atoms with Gasteiger partial charge in [0.2, 0.25) is 0 Å². The Bertz CT molecular complexity index is 3580. The molecule has 2 aliphatic heterocycles. The van der Waals surface area contributed by atoms with E-state index in [-0.39, 0.29) is 28.4 Å². The van der Waals surface area contributed by atoms with Crippen molar-refractivity contribution in [1.29, 1.82) is 0 Å². The molecule has 0 aliphatic carbocycles. The van der Waals surface area contributed by atoms with Crippen LogP contribution in [0.25, 0.3) is 54.2 Å². The van der Waals surface area contributed by atoms with E-state index in [0.29, 0.717) is 0 Å². The van der Waals surface area contributed by atoms with E-state index in [1.54, 1.807) is 0 Å². The lowest BCUT2D eigenvalue weighted by Crippen LogP contribution is -2.61. The Balaban J connectivity index is 1.28. The first-order valence-electron chi connectivity index (χ1n) is 25.8. The third-order valence-corrected chi connectivity index (χ3v) is 15.7. The normalized spacial score (nSPS) is 13.8. The van der Waals surface area contributed by atoms with Crippen LogP contribution in [0.5, 0.6) is 0 Å². The van der Waals surface area contributed by atoms with Crippen molar-refractivity contribution < 1.29 is 0 Å². The first kappa shape index (κ1) is 45.1. The molecule has 2 nitrogen and oxygen atoms in total. The monoisotopic (exact) mass is 921 g/mol. The number of fused-ring (bicyclic) bond motifs is 11. The van der Waals surface area contributed by atoms with Gasteiger partial charge in [-0.05, 0) is 146 Å². The van der Waals surface area contributed by atoms with Crippen molar-refractivity contribution in [3.05, 3.63) is 198 Å². The lowest BCUT2D eigenvalue weighted by atomic mass is 9.33. The molecule has 0 spiro atoms. The minimum absolute atomic E-state index is 0.0397. The molecule has 3 heteroatoms. The van der Waals surface area contributed by atoms with Crippen LogP contribution < -0.4 is 26.2 Å². The molecule has 12 rings (SSSR count). The highest BCUT2D eigenvalue weighted by atomic mass is 15.2. The van der Waals surface area contributed by atoms with Gasteiger partial charge in [0.1, 0.15) is 0 Å². The summed E-state index contributed by atoms with van der Waals surface area (Å²) in [6.07, 6.45) is 0. The smallest absolute Gasteiger partial charge is 0.252 e. The third kappa shape index (κ3) is 7.37. The summed E-state index contributed by atoms with van der Waals surface area (Å²) in [6, 6.07) is 68.2. The van der Waals surface area contributed by atoms with Crippen molar-refractivity contribution >= 4 is 100 Å². The number of hydrogen-bond donors (Lipinski definition) is 0. The van der Waals surface area contributed by atoms with E-state index < -0.39 is 0 Å².